The number of hydrogen-bond acceptors (Lipinski definition) is 11. The molecule has 0 spiro atoms. The van der Waals surface area contributed by atoms with Crippen LogP contribution in [0.1, 0.15) is 30.6 Å². The van der Waals surface area contributed by atoms with E-state index in [0.717, 1.165) is 6.92 Å². The molecule has 1 amide bonds. The van der Waals surface area contributed by atoms with Crippen LogP contribution in [0.25, 0.3) is 0 Å². The molecule has 1 fully saturated rings. The van der Waals surface area contributed by atoms with Crippen LogP contribution in [0.15, 0.2) is 54.6 Å². The first kappa shape index (κ1) is 35.4. The molecule has 0 unspecified atom stereocenters. The smallest absolute Gasteiger partial charge is 0.364 e. The van der Waals surface area contributed by atoms with E-state index in [-0.39, 0.29) is 45.1 Å². The van der Waals surface area contributed by atoms with Crippen molar-refractivity contribution in [3.8, 4) is 23.8 Å². The molecule has 4 N–H and O–H groups in total. The largest absolute Gasteiger partial charge is 0.477 e. The average molecular weight is 630 g/mol. The number of hydrogen-bond donors (Lipinski definition) is 4. The highest BCUT2D eigenvalue weighted by atomic mass is 16.7. The van der Waals surface area contributed by atoms with E-state index in [1.807, 2.05) is 18.2 Å². The van der Waals surface area contributed by atoms with Crippen LogP contribution in [0, 0.1) is 18.3 Å². The van der Waals surface area contributed by atoms with Crippen molar-refractivity contribution >= 4 is 17.8 Å². The predicted octanol–water partition coefficient (Wildman–Crippen LogP) is 1.75. The van der Waals surface area contributed by atoms with Crippen LogP contribution in [0.4, 0.5) is 0 Å². The van der Waals surface area contributed by atoms with E-state index in [2.05, 4.69) is 11.2 Å². The number of ether oxygens (including phenoxy) is 6. The maximum absolute atomic E-state index is 13.0. The number of aliphatic carboxylic acids is 1. The lowest BCUT2D eigenvalue weighted by atomic mass is 9.84. The van der Waals surface area contributed by atoms with Gasteiger partial charge in [0, 0.05) is 24.8 Å². The molecule has 1 aliphatic heterocycles. The van der Waals surface area contributed by atoms with E-state index < -0.39 is 60.4 Å². The van der Waals surface area contributed by atoms with Gasteiger partial charge in [0.25, 0.3) is 11.7 Å². The first-order valence-corrected chi connectivity index (χ1v) is 14.3. The molecule has 13 nitrogen and oxygen atoms in total. The Morgan fingerprint density at radius 1 is 1.07 bits per heavy atom. The minimum atomic E-state index is -2.33. The fourth-order valence-electron chi connectivity index (χ4n) is 4.62. The lowest BCUT2D eigenvalue weighted by Crippen LogP contribution is -2.62. The van der Waals surface area contributed by atoms with Crippen molar-refractivity contribution in [2.75, 3.05) is 39.6 Å². The summed E-state index contributed by atoms with van der Waals surface area (Å²) in [6.07, 6.45) is -1.01. The van der Waals surface area contributed by atoms with Crippen LogP contribution >= 0.6 is 0 Å². The van der Waals surface area contributed by atoms with Gasteiger partial charge in [-0.15, -0.1) is 6.42 Å². The summed E-state index contributed by atoms with van der Waals surface area (Å²) in [6, 6.07) is 15.4. The fraction of sp³-hybridized carbons (Fsp3) is 0.469. The Bertz CT molecular complexity index is 1300. The predicted molar refractivity (Wildman–Crippen MR) is 158 cm³/mol. The first-order valence-electron chi connectivity index (χ1n) is 14.3. The lowest BCUT2D eigenvalue weighted by molar-refractivity contribution is -0.318. The number of carboxylic acid groups (broad SMARTS) is 1. The molecule has 13 heteroatoms. The zero-order valence-electron chi connectivity index (χ0n) is 25.1. The molecular weight excluding hydrogens is 590 g/mol. The van der Waals surface area contributed by atoms with Crippen molar-refractivity contribution in [1.29, 1.82) is 0 Å². The van der Waals surface area contributed by atoms with E-state index in [1.54, 1.807) is 37.3 Å². The molecule has 244 valence electrons. The Morgan fingerprint density at radius 3 is 2.44 bits per heavy atom. The van der Waals surface area contributed by atoms with Gasteiger partial charge in [-0.25, -0.2) is 4.79 Å². The highest BCUT2D eigenvalue weighted by Gasteiger charge is 2.54. The van der Waals surface area contributed by atoms with Crippen molar-refractivity contribution in [3.05, 3.63) is 60.2 Å². The van der Waals surface area contributed by atoms with Crippen LogP contribution in [0.3, 0.4) is 0 Å². The van der Waals surface area contributed by atoms with Crippen molar-refractivity contribution in [2.45, 2.75) is 50.5 Å². The Labute approximate surface area is 261 Å². The van der Waals surface area contributed by atoms with Crippen LogP contribution in [0.2, 0.25) is 0 Å². The van der Waals surface area contributed by atoms with Gasteiger partial charge in [-0.2, -0.15) is 0 Å². The highest BCUT2D eigenvalue weighted by molar-refractivity contribution is 5.94. The van der Waals surface area contributed by atoms with Gasteiger partial charge in [-0.1, -0.05) is 37.1 Å². The van der Waals surface area contributed by atoms with E-state index in [9.17, 15) is 29.7 Å². The normalized spacial score (nSPS) is 22.4. The standard InChI is InChI=1S/C32H39NO12/c1-4-13-40-14-15-41-16-17-42-32(31(38)39)19-26(35)21(2)29(45-32)28(36)27(43-22(3)34)20-33-30(37)23-9-8-12-25(18-23)44-24-10-6-5-7-11-24/h1,5-12,18,21,26-29,35-36H,13-17,19-20H2,2-3H3,(H,33,37)(H,38,39)/t21-,26+,27-,28-,29-,32-/m1/s1. The summed E-state index contributed by atoms with van der Waals surface area (Å²) in [5.41, 5.74) is 0.236. The van der Waals surface area contributed by atoms with Gasteiger partial charge >= 0.3 is 11.9 Å². The average Bonchev–Trinajstić information content (AvgIpc) is 3.02. The number of para-hydroxylation sites is 1. The van der Waals surface area contributed by atoms with Gasteiger partial charge in [-0.3, -0.25) is 9.59 Å². The number of carbonyl (C=O) groups is 3. The molecule has 0 bridgehead atoms. The van der Waals surface area contributed by atoms with Crippen LogP contribution in [-0.4, -0.2) is 103 Å². The van der Waals surface area contributed by atoms with Crippen molar-refractivity contribution in [3.63, 3.8) is 0 Å². The van der Waals surface area contributed by atoms with Gasteiger partial charge in [-0.05, 0) is 30.3 Å². The topological polar surface area (TPSA) is 179 Å². The van der Waals surface area contributed by atoms with Gasteiger partial charge in [0.1, 0.15) is 30.3 Å². The van der Waals surface area contributed by atoms with Gasteiger partial charge in [0.2, 0.25) is 0 Å². The highest BCUT2D eigenvalue weighted by Crippen LogP contribution is 2.36. The van der Waals surface area contributed by atoms with Gasteiger partial charge in [0.05, 0.1) is 45.2 Å². The molecule has 0 aliphatic carbocycles. The number of terminal acetylenes is 1. The summed E-state index contributed by atoms with van der Waals surface area (Å²) in [5.74, 6) is -2.67. The van der Waals surface area contributed by atoms with E-state index in [0.29, 0.717) is 11.5 Å². The summed E-state index contributed by atoms with van der Waals surface area (Å²) >= 11 is 0. The third kappa shape index (κ3) is 10.5. The summed E-state index contributed by atoms with van der Waals surface area (Å²) < 4.78 is 32.9. The molecule has 1 heterocycles. The molecule has 0 radical (unpaired) electrons. The molecule has 1 aliphatic rings. The zero-order valence-corrected chi connectivity index (χ0v) is 25.1. The summed E-state index contributed by atoms with van der Waals surface area (Å²) in [5, 5.41) is 34.7. The molecule has 3 rings (SSSR count). The molecule has 0 aromatic heterocycles. The van der Waals surface area contributed by atoms with E-state index in [4.69, 9.17) is 34.8 Å². The van der Waals surface area contributed by atoms with Gasteiger partial charge < -0.3 is 49.1 Å². The molecule has 1 saturated heterocycles. The number of esters is 1. The Balaban J connectivity index is 1.67. The molecule has 0 saturated carbocycles. The van der Waals surface area contributed by atoms with Crippen molar-refractivity contribution < 1.29 is 58.1 Å². The number of benzene rings is 2. The summed E-state index contributed by atoms with van der Waals surface area (Å²) in [7, 11) is 0. The van der Waals surface area contributed by atoms with Crippen molar-refractivity contribution in [2.24, 2.45) is 5.92 Å². The van der Waals surface area contributed by atoms with Crippen LogP contribution < -0.4 is 10.1 Å². The molecule has 45 heavy (non-hydrogen) atoms. The summed E-state index contributed by atoms with van der Waals surface area (Å²) in [4.78, 5) is 37.3. The second kappa shape index (κ2) is 17.5. The van der Waals surface area contributed by atoms with E-state index in [1.165, 1.54) is 6.07 Å². The Hall–Kier alpha value is -4.03. The lowest BCUT2D eigenvalue weighted by Gasteiger charge is -2.45. The number of carbonyl (C=O) groups excluding carboxylic acids is 2. The number of amides is 1. The number of aliphatic hydroxyl groups excluding tert-OH is 2. The van der Waals surface area contributed by atoms with Crippen LogP contribution in [-0.2, 0) is 33.3 Å². The van der Waals surface area contributed by atoms with Crippen molar-refractivity contribution in [1.82, 2.24) is 5.32 Å². The maximum atomic E-state index is 13.0. The monoisotopic (exact) mass is 629 g/mol. The Kier molecular flexibility index (Phi) is 13.8. The molecule has 6 atom stereocenters. The maximum Gasteiger partial charge on any atom is 0.364 e. The fourth-order valence-corrected chi connectivity index (χ4v) is 4.62. The number of nitrogens with one attached hydrogen (secondary N) is 1. The SMILES string of the molecule is C#CCOCCOCCO[C@]1(C(=O)O)C[C@H](O)[C@@H](C)[C@H]([C@H](O)[C@@H](CNC(=O)c2cccc(Oc3ccccc3)c2)OC(C)=O)O1. The minimum absolute atomic E-state index is 0.0175. The second-order valence-corrected chi connectivity index (χ2v) is 10.3. The second-order valence-electron chi connectivity index (χ2n) is 10.3. The first-order chi connectivity index (χ1) is 21.6. The quantitative estimate of drug-likeness (QED) is 0.113. The summed E-state index contributed by atoms with van der Waals surface area (Å²) in [6.45, 7) is 2.62. The van der Waals surface area contributed by atoms with Crippen LogP contribution in [0.5, 0.6) is 11.5 Å². The number of rotatable bonds is 17. The Morgan fingerprint density at radius 2 is 1.76 bits per heavy atom. The number of aliphatic hydroxyl groups is 2. The van der Waals surface area contributed by atoms with Gasteiger partial charge in [0.15, 0.2) is 0 Å². The minimum Gasteiger partial charge on any atom is -0.477 e. The third-order valence-electron chi connectivity index (χ3n) is 6.95. The molecular formula is C32H39NO12. The zero-order chi connectivity index (χ0) is 32.8. The third-order valence-corrected chi connectivity index (χ3v) is 6.95. The number of carboxylic acids is 1. The molecule has 2 aromatic carbocycles. The van der Waals surface area contributed by atoms with E-state index >= 15 is 0 Å². The molecule has 2 aromatic rings.